The molecule has 0 bridgehead atoms. The Labute approximate surface area is 119 Å². The van der Waals surface area contributed by atoms with Crippen molar-refractivity contribution in [3.8, 4) is 0 Å². The van der Waals surface area contributed by atoms with Gasteiger partial charge in [-0.2, -0.15) is 0 Å². The molecule has 1 aliphatic rings. The second kappa shape index (κ2) is 5.65. The van der Waals surface area contributed by atoms with Crippen molar-refractivity contribution < 1.29 is 14.7 Å². The molecule has 0 saturated carbocycles. The van der Waals surface area contributed by atoms with Crippen molar-refractivity contribution in [2.24, 2.45) is 5.41 Å². The third-order valence-electron chi connectivity index (χ3n) is 4.36. The van der Waals surface area contributed by atoms with Crippen molar-refractivity contribution >= 4 is 11.9 Å². The molecule has 0 aromatic heterocycles. The summed E-state index contributed by atoms with van der Waals surface area (Å²) in [7, 11) is 0. The topological polar surface area (TPSA) is 57.6 Å². The average Bonchev–Trinajstić information content (AvgIpc) is 2.47. The maximum atomic E-state index is 12.5. The van der Waals surface area contributed by atoms with Crippen molar-refractivity contribution in [2.45, 2.75) is 32.6 Å². The Balaban J connectivity index is 2.00. The third kappa shape index (κ3) is 2.84. The van der Waals surface area contributed by atoms with Crippen molar-refractivity contribution in [3.63, 3.8) is 0 Å². The Bertz CT molecular complexity index is 490. The van der Waals surface area contributed by atoms with Gasteiger partial charge < -0.3 is 10.0 Å². The van der Waals surface area contributed by atoms with E-state index in [1.165, 1.54) is 0 Å². The van der Waals surface area contributed by atoms with Crippen LogP contribution < -0.4 is 0 Å². The average molecular weight is 275 g/mol. The smallest absolute Gasteiger partial charge is 0.309 e. The highest BCUT2D eigenvalue weighted by molar-refractivity contribution is 5.84. The first kappa shape index (κ1) is 14.6. The van der Waals surface area contributed by atoms with Crippen LogP contribution in [0.4, 0.5) is 0 Å². The number of likely N-dealkylation sites (tertiary alicyclic amines) is 1. The van der Waals surface area contributed by atoms with Crippen LogP contribution in [0.25, 0.3) is 0 Å². The van der Waals surface area contributed by atoms with Crippen molar-refractivity contribution in [2.75, 3.05) is 13.1 Å². The summed E-state index contributed by atoms with van der Waals surface area (Å²) in [4.78, 5) is 25.5. The van der Waals surface area contributed by atoms with Gasteiger partial charge in [0.2, 0.25) is 5.91 Å². The molecule has 2 rings (SSSR count). The van der Waals surface area contributed by atoms with Crippen molar-refractivity contribution in [1.29, 1.82) is 0 Å². The van der Waals surface area contributed by atoms with Crippen molar-refractivity contribution in [3.05, 3.63) is 35.9 Å². The van der Waals surface area contributed by atoms with Crippen molar-refractivity contribution in [1.82, 2.24) is 4.90 Å². The van der Waals surface area contributed by atoms with E-state index in [0.29, 0.717) is 25.9 Å². The van der Waals surface area contributed by atoms with E-state index in [1.54, 1.807) is 11.8 Å². The molecule has 4 nitrogen and oxygen atoms in total. The van der Waals surface area contributed by atoms with E-state index >= 15 is 0 Å². The summed E-state index contributed by atoms with van der Waals surface area (Å²) in [6.07, 6.45) is 1.05. The minimum absolute atomic E-state index is 0.0867. The van der Waals surface area contributed by atoms with Gasteiger partial charge in [-0.05, 0) is 32.3 Å². The predicted octanol–water partition coefficient (Wildman–Crippen LogP) is 2.50. The number of nitrogens with zero attached hydrogens (tertiary/aromatic N) is 1. The van der Waals surface area contributed by atoms with Crippen LogP contribution in [0.2, 0.25) is 0 Å². The van der Waals surface area contributed by atoms with Crippen LogP contribution in [-0.4, -0.2) is 35.0 Å². The number of hydrogen-bond donors (Lipinski definition) is 1. The molecule has 0 spiro atoms. The fourth-order valence-corrected chi connectivity index (χ4v) is 2.59. The number of carbonyl (C=O) groups is 2. The van der Waals surface area contributed by atoms with E-state index < -0.39 is 11.4 Å². The standard InChI is InChI=1S/C16H21NO3/c1-12(13-6-4-3-5-7-13)14(18)17-10-8-16(2,9-11-17)15(19)20/h3-7,12H,8-11H2,1-2H3,(H,19,20). The molecule has 1 N–H and O–H groups in total. The first-order valence-corrected chi connectivity index (χ1v) is 7.01. The first-order chi connectivity index (χ1) is 9.44. The SMILES string of the molecule is CC(C(=O)N1CCC(C)(C(=O)O)CC1)c1ccccc1. The first-order valence-electron chi connectivity index (χ1n) is 7.01. The van der Waals surface area contributed by atoms with Gasteiger partial charge in [0.1, 0.15) is 0 Å². The molecule has 1 aromatic rings. The Morgan fingerprint density at radius 2 is 1.75 bits per heavy atom. The maximum Gasteiger partial charge on any atom is 0.309 e. The predicted molar refractivity (Wildman–Crippen MR) is 76.4 cm³/mol. The van der Waals surface area contributed by atoms with E-state index in [2.05, 4.69) is 0 Å². The minimum Gasteiger partial charge on any atom is -0.481 e. The number of benzene rings is 1. The van der Waals surface area contributed by atoms with Crippen LogP contribution in [0.1, 0.15) is 38.2 Å². The molecule has 1 amide bonds. The maximum absolute atomic E-state index is 12.5. The van der Waals surface area contributed by atoms with Gasteiger partial charge >= 0.3 is 5.97 Å². The number of carbonyl (C=O) groups excluding carboxylic acids is 1. The number of rotatable bonds is 3. The molecule has 0 aliphatic carbocycles. The second-order valence-electron chi connectivity index (χ2n) is 5.82. The Morgan fingerprint density at radius 3 is 2.25 bits per heavy atom. The van der Waals surface area contributed by atoms with Crippen LogP contribution in [0.15, 0.2) is 30.3 Å². The van der Waals surface area contributed by atoms with Crippen LogP contribution in [-0.2, 0) is 9.59 Å². The molecule has 1 heterocycles. The van der Waals surface area contributed by atoms with Crippen LogP contribution >= 0.6 is 0 Å². The zero-order valence-electron chi connectivity index (χ0n) is 12.0. The summed E-state index contributed by atoms with van der Waals surface area (Å²) in [6.45, 7) is 4.72. The summed E-state index contributed by atoms with van der Waals surface area (Å²) in [5.74, 6) is -0.852. The summed E-state index contributed by atoms with van der Waals surface area (Å²) < 4.78 is 0. The number of aliphatic carboxylic acids is 1. The summed E-state index contributed by atoms with van der Waals surface area (Å²) in [5.41, 5.74) is 0.316. The largest absolute Gasteiger partial charge is 0.481 e. The summed E-state index contributed by atoms with van der Waals surface area (Å²) in [6, 6.07) is 9.69. The fraction of sp³-hybridized carbons (Fsp3) is 0.500. The van der Waals surface area contributed by atoms with Gasteiger partial charge in [-0.1, -0.05) is 30.3 Å². The highest BCUT2D eigenvalue weighted by atomic mass is 16.4. The molecular weight excluding hydrogens is 254 g/mol. The van der Waals surface area contributed by atoms with Gasteiger partial charge in [-0.15, -0.1) is 0 Å². The molecule has 1 atom stereocenters. The van der Waals surface area contributed by atoms with Gasteiger partial charge in [-0.3, -0.25) is 9.59 Å². The van der Waals surface area contributed by atoms with E-state index in [1.807, 2.05) is 37.3 Å². The second-order valence-corrected chi connectivity index (χ2v) is 5.82. The van der Waals surface area contributed by atoms with Gasteiger partial charge in [0, 0.05) is 13.1 Å². The summed E-state index contributed by atoms with van der Waals surface area (Å²) in [5, 5.41) is 9.21. The molecular formula is C16H21NO3. The number of amides is 1. The number of hydrogen-bond acceptors (Lipinski definition) is 2. The monoisotopic (exact) mass is 275 g/mol. The Hall–Kier alpha value is -1.84. The molecule has 1 aromatic carbocycles. The lowest BCUT2D eigenvalue weighted by molar-refractivity contribution is -0.153. The molecule has 1 aliphatic heterocycles. The number of piperidine rings is 1. The zero-order valence-corrected chi connectivity index (χ0v) is 12.0. The Kier molecular flexibility index (Phi) is 4.12. The Morgan fingerprint density at radius 1 is 1.20 bits per heavy atom. The molecule has 0 radical (unpaired) electrons. The van der Waals surface area contributed by atoms with Gasteiger partial charge in [-0.25, -0.2) is 0 Å². The van der Waals surface area contributed by atoms with Crippen LogP contribution in [0, 0.1) is 5.41 Å². The zero-order chi connectivity index (χ0) is 14.8. The van der Waals surface area contributed by atoms with Gasteiger partial charge in [0.05, 0.1) is 11.3 Å². The molecule has 1 fully saturated rings. The van der Waals surface area contributed by atoms with E-state index in [4.69, 9.17) is 0 Å². The van der Waals surface area contributed by atoms with Crippen LogP contribution in [0.5, 0.6) is 0 Å². The minimum atomic E-state index is -0.763. The fourth-order valence-electron chi connectivity index (χ4n) is 2.59. The normalized spacial score (nSPS) is 19.4. The summed E-state index contributed by atoms with van der Waals surface area (Å²) >= 11 is 0. The molecule has 1 saturated heterocycles. The molecule has 20 heavy (non-hydrogen) atoms. The molecule has 108 valence electrons. The van der Waals surface area contributed by atoms with E-state index in [0.717, 1.165) is 5.56 Å². The lowest BCUT2D eigenvalue weighted by Gasteiger charge is -2.37. The lowest BCUT2D eigenvalue weighted by atomic mass is 9.80. The number of carboxylic acids is 1. The lowest BCUT2D eigenvalue weighted by Crippen LogP contribution is -2.46. The molecule has 1 unspecified atom stereocenters. The highest BCUT2D eigenvalue weighted by Crippen LogP contribution is 2.32. The van der Waals surface area contributed by atoms with E-state index in [9.17, 15) is 14.7 Å². The van der Waals surface area contributed by atoms with Crippen LogP contribution in [0.3, 0.4) is 0 Å². The van der Waals surface area contributed by atoms with Gasteiger partial charge in [0.15, 0.2) is 0 Å². The highest BCUT2D eigenvalue weighted by Gasteiger charge is 2.38. The van der Waals surface area contributed by atoms with Gasteiger partial charge in [0.25, 0.3) is 0 Å². The third-order valence-corrected chi connectivity index (χ3v) is 4.36. The molecule has 4 heteroatoms. The van der Waals surface area contributed by atoms with E-state index in [-0.39, 0.29) is 11.8 Å². The quantitative estimate of drug-likeness (QED) is 0.922. The number of carboxylic acid groups (broad SMARTS) is 1.